The lowest BCUT2D eigenvalue weighted by Gasteiger charge is -2.11. The van der Waals surface area contributed by atoms with E-state index in [-0.39, 0.29) is 12.4 Å². The maximum atomic E-state index is 12.8. The number of tetrazole rings is 1. The van der Waals surface area contributed by atoms with Crippen LogP contribution in [0.25, 0.3) is 11.4 Å². The predicted octanol–water partition coefficient (Wildman–Crippen LogP) is 3.51. The Balaban J connectivity index is 1.46. The quantitative estimate of drug-likeness (QED) is 0.302. The van der Waals surface area contributed by atoms with Crippen molar-refractivity contribution in [3.05, 3.63) is 83.4 Å². The summed E-state index contributed by atoms with van der Waals surface area (Å²) >= 11 is 0. The third kappa shape index (κ3) is 4.67. The van der Waals surface area contributed by atoms with Gasteiger partial charge in [-0.05, 0) is 79.7 Å². The normalized spacial score (nSPS) is 10.8. The fourth-order valence-corrected chi connectivity index (χ4v) is 3.65. The van der Waals surface area contributed by atoms with Crippen molar-refractivity contribution in [2.24, 2.45) is 0 Å². The molecule has 0 saturated carbocycles. The first kappa shape index (κ1) is 21.9. The first-order valence-electron chi connectivity index (χ1n) is 10.4. The van der Waals surface area contributed by atoms with Gasteiger partial charge in [0, 0.05) is 22.6 Å². The van der Waals surface area contributed by atoms with Crippen molar-refractivity contribution in [2.75, 3.05) is 13.2 Å². The minimum atomic E-state index is -0.599. The fraction of sp³-hybridized carbons (Fsp3) is 0.208. The van der Waals surface area contributed by atoms with Crippen LogP contribution in [0.2, 0.25) is 0 Å². The Labute approximate surface area is 190 Å². The van der Waals surface area contributed by atoms with E-state index < -0.39 is 5.97 Å². The van der Waals surface area contributed by atoms with Crippen molar-refractivity contribution in [1.82, 2.24) is 24.8 Å². The van der Waals surface area contributed by atoms with Crippen molar-refractivity contribution < 1.29 is 19.1 Å². The molecule has 2 aromatic heterocycles. The van der Waals surface area contributed by atoms with Crippen molar-refractivity contribution in [1.29, 1.82) is 0 Å². The van der Waals surface area contributed by atoms with Gasteiger partial charge in [-0.3, -0.25) is 4.79 Å². The van der Waals surface area contributed by atoms with Crippen LogP contribution in [-0.4, -0.2) is 49.7 Å². The van der Waals surface area contributed by atoms with E-state index in [9.17, 15) is 9.59 Å². The summed E-state index contributed by atoms with van der Waals surface area (Å²) < 4.78 is 14.2. The molecule has 0 aliphatic rings. The summed E-state index contributed by atoms with van der Waals surface area (Å²) in [5, 5.41) is 11.0. The molecule has 4 rings (SSSR count). The van der Waals surface area contributed by atoms with Crippen LogP contribution in [0.1, 0.15) is 39.0 Å². The highest BCUT2D eigenvalue weighted by Gasteiger charge is 2.19. The molecule has 0 aliphatic carbocycles. The molecule has 0 saturated heterocycles. The van der Waals surface area contributed by atoms with Crippen LogP contribution in [0, 0.1) is 13.8 Å². The Morgan fingerprint density at radius 3 is 2.48 bits per heavy atom. The third-order valence-corrected chi connectivity index (χ3v) is 5.17. The molecule has 168 valence electrons. The van der Waals surface area contributed by atoms with E-state index in [0.717, 1.165) is 22.8 Å². The monoisotopic (exact) mass is 445 g/mol. The Morgan fingerprint density at radius 2 is 1.79 bits per heavy atom. The molecular weight excluding hydrogens is 422 g/mol. The average Bonchev–Trinajstić information content (AvgIpc) is 3.46. The van der Waals surface area contributed by atoms with Gasteiger partial charge in [-0.25, -0.2) is 9.48 Å². The van der Waals surface area contributed by atoms with Gasteiger partial charge in [0.25, 0.3) is 0 Å². The molecule has 0 aliphatic heterocycles. The Hall–Kier alpha value is -4.27. The highest BCUT2D eigenvalue weighted by molar-refractivity contribution is 6.00. The summed E-state index contributed by atoms with van der Waals surface area (Å²) in [6.07, 6.45) is 1.42. The van der Waals surface area contributed by atoms with Gasteiger partial charge in [-0.15, -0.1) is 5.10 Å². The number of carbonyl (C=O) groups excluding carboxylic acids is 2. The average molecular weight is 445 g/mol. The standard InChI is InChI=1S/C24H23N5O4/c1-4-32-21-10-8-19(9-11-21)29-16(2)12-22(17(29)3)23(30)14-33-24(31)18-6-5-7-20(13-18)28-15-25-26-27-28/h5-13,15H,4,14H2,1-3H3. The number of hydrogen-bond acceptors (Lipinski definition) is 7. The minimum Gasteiger partial charge on any atom is -0.494 e. The Kier molecular flexibility index (Phi) is 6.30. The zero-order valence-electron chi connectivity index (χ0n) is 18.6. The number of ketones is 1. The van der Waals surface area contributed by atoms with E-state index in [1.54, 1.807) is 30.3 Å². The Morgan fingerprint density at radius 1 is 1.00 bits per heavy atom. The summed E-state index contributed by atoms with van der Waals surface area (Å²) in [4.78, 5) is 25.4. The van der Waals surface area contributed by atoms with Gasteiger partial charge in [0.05, 0.1) is 17.9 Å². The zero-order chi connectivity index (χ0) is 23.4. The fourth-order valence-electron chi connectivity index (χ4n) is 3.65. The number of benzene rings is 2. The number of hydrogen-bond donors (Lipinski definition) is 0. The van der Waals surface area contributed by atoms with Crippen LogP contribution in [0.4, 0.5) is 0 Å². The molecule has 9 nitrogen and oxygen atoms in total. The van der Waals surface area contributed by atoms with Crippen LogP contribution < -0.4 is 4.74 Å². The van der Waals surface area contributed by atoms with E-state index in [2.05, 4.69) is 15.5 Å². The van der Waals surface area contributed by atoms with Crippen LogP contribution in [-0.2, 0) is 4.74 Å². The highest BCUT2D eigenvalue weighted by atomic mass is 16.5. The lowest BCUT2D eigenvalue weighted by Crippen LogP contribution is -2.15. The molecule has 2 aromatic carbocycles. The van der Waals surface area contributed by atoms with Crippen molar-refractivity contribution >= 4 is 11.8 Å². The largest absolute Gasteiger partial charge is 0.494 e. The number of rotatable bonds is 8. The summed E-state index contributed by atoms with van der Waals surface area (Å²) in [6.45, 7) is 5.97. The Bertz CT molecular complexity index is 1280. The molecule has 0 atom stereocenters. The number of carbonyl (C=O) groups is 2. The topological polar surface area (TPSA) is 101 Å². The minimum absolute atomic E-state index is 0.273. The molecule has 0 spiro atoms. The van der Waals surface area contributed by atoms with Gasteiger partial charge >= 0.3 is 5.97 Å². The van der Waals surface area contributed by atoms with Crippen molar-refractivity contribution in [2.45, 2.75) is 20.8 Å². The third-order valence-electron chi connectivity index (χ3n) is 5.17. The van der Waals surface area contributed by atoms with E-state index in [4.69, 9.17) is 9.47 Å². The van der Waals surface area contributed by atoms with Crippen LogP contribution >= 0.6 is 0 Å². The number of aromatic nitrogens is 5. The summed E-state index contributed by atoms with van der Waals surface area (Å²) in [7, 11) is 0. The lowest BCUT2D eigenvalue weighted by molar-refractivity contribution is 0.0474. The molecule has 0 radical (unpaired) electrons. The van der Waals surface area contributed by atoms with Gasteiger partial charge in [0.1, 0.15) is 12.1 Å². The maximum absolute atomic E-state index is 12.8. The second kappa shape index (κ2) is 9.47. The first-order chi connectivity index (χ1) is 16.0. The molecule has 33 heavy (non-hydrogen) atoms. The second-order valence-electron chi connectivity index (χ2n) is 7.35. The van der Waals surface area contributed by atoms with Gasteiger partial charge in [-0.1, -0.05) is 6.07 Å². The van der Waals surface area contributed by atoms with Crippen LogP contribution in [0.3, 0.4) is 0 Å². The van der Waals surface area contributed by atoms with Crippen molar-refractivity contribution in [3.63, 3.8) is 0 Å². The lowest BCUT2D eigenvalue weighted by atomic mass is 10.1. The molecule has 9 heteroatoms. The molecular formula is C24H23N5O4. The second-order valence-corrected chi connectivity index (χ2v) is 7.35. The van der Waals surface area contributed by atoms with E-state index in [0.29, 0.717) is 23.4 Å². The van der Waals surface area contributed by atoms with Gasteiger partial charge < -0.3 is 14.0 Å². The number of aryl methyl sites for hydroxylation is 1. The van der Waals surface area contributed by atoms with Crippen LogP contribution in [0.5, 0.6) is 5.75 Å². The van der Waals surface area contributed by atoms with Gasteiger partial charge in [0.15, 0.2) is 6.61 Å². The summed E-state index contributed by atoms with van der Waals surface area (Å²) in [6, 6.07) is 16.1. The first-order valence-corrected chi connectivity index (χ1v) is 10.4. The zero-order valence-corrected chi connectivity index (χ0v) is 18.6. The van der Waals surface area contributed by atoms with Gasteiger partial charge in [-0.2, -0.15) is 0 Å². The molecule has 2 heterocycles. The molecule has 0 N–H and O–H groups in total. The number of Topliss-reactive ketones (excluding diaryl/α,β-unsaturated/α-hetero) is 1. The number of ether oxygens (including phenoxy) is 2. The SMILES string of the molecule is CCOc1ccc(-n2c(C)cc(C(=O)COC(=O)c3cccc(-n4cnnn4)c3)c2C)cc1. The molecule has 0 amide bonds. The van der Waals surface area contributed by atoms with Gasteiger partial charge in [0.2, 0.25) is 5.78 Å². The van der Waals surface area contributed by atoms with Crippen molar-refractivity contribution in [3.8, 4) is 17.1 Å². The summed E-state index contributed by atoms with van der Waals surface area (Å²) in [5.41, 5.74) is 4.02. The maximum Gasteiger partial charge on any atom is 0.338 e. The van der Waals surface area contributed by atoms with Crippen LogP contribution in [0.15, 0.2) is 60.9 Å². The molecule has 0 unspecified atom stereocenters. The van der Waals surface area contributed by atoms with E-state index in [1.165, 1.54) is 11.0 Å². The number of esters is 1. The van der Waals surface area contributed by atoms with E-state index >= 15 is 0 Å². The highest BCUT2D eigenvalue weighted by Crippen LogP contribution is 2.23. The predicted molar refractivity (Wildman–Crippen MR) is 120 cm³/mol. The summed E-state index contributed by atoms with van der Waals surface area (Å²) in [5.74, 6) is -0.0834. The van der Waals surface area contributed by atoms with E-state index in [1.807, 2.05) is 49.6 Å². The number of nitrogens with zero attached hydrogens (tertiary/aromatic N) is 5. The molecule has 0 bridgehead atoms. The smallest absolute Gasteiger partial charge is 0.338 e. The molecule has 0 fully saturated rings. The molecule has 4 aromatic rings.